The van der Waals surface area contributed by atoms with Crippen molar-refractivity contribution in [1.82, 2.24) is 24.4 Å². The van der Waals surface area contributed by atoms with Gasteiger partial charge in [0.05, 0.1) is 41.7 Å². The highest BCUT2D eigenvalue weighted by molar-refractivity contribution is 6.30. The molecule has 1 aliphatic carbocycles. The van der Waals surface area contributed by atoms with Gasteiger partial charge in [-0.3, -0.25) is 4.79 Å². The van der Waals surface area contributed by atoms with Crippen molar-refractivity contribution in [2.45, 2.75) is 50.9 Å². The summed E-state index contributed by atoms with van der Waals surface area (Å²) in [5, 5.41) is 4.99. The van der Waals surface area contributed by atoms with Crippen LogP contribution in [-0.2, 0) is 13.1 Å². The summed E-state index contributed by atoms with van der Waals surface area (Å²) in [5.41, 5.74) is 2.64. The first kappa shape index (κ1) is 23.0. The number of ether oxygens (including phenoxy) is 1. The number of alkyl halides is 1. The molecule has 0 atom stereocenters. The van der Waals surface area contributed by atoms with Gasteiger partial charge in [0, 0.05) is 30.4 Å². The Morgan fingerprint density at radius 1 is 1.26 bits per heavy atom. The average molecular weight is 490 g/mol. The second-order valence-corrected chi connectivity index (χ2v) is 9.42. The van der Waals surface area contributed by atoms with E-state index in [-0.39, 0.29) is 24.4 Å². The van der Waals surface area contributed by atoms with Gasteiger partial charge in [-0.15, -0.1) is 0 Å². The molecule has 0 radical (unpaired) electrons. The van der Waals surface area contributed by atoms with Crippen LogP contribution in [-0.4, -0.2) is 62.7 Å². The largest absolute Gasteiger partial charge is 0.489 e. The summed E-state index contributed by atoms with van der Waals surface area (Å²) >= 11 is 6.00. The van der Waals surface area contributed by atoms with E-state index < -0.39 is 5.82 Å². The lowest BCUT2D eigenvalue weighted by molar-refractivity contribution is 0.0728. The lowest BCUT2D eigenvalue weighted by Crippen LogP contribution is -2.38. The standard InChI is InChI=1S/C24H26ClF2N5O2/c1-30(9-8-26)17-3-5-18(6-4-17)34-22-10-16(27)2-7-19(22)24(33)31-13-20-21(14-31)29-32-12-15(25)11-28-23(20)32/h2,7,10-12,17-18H,3-6,8-9,13-14H2,1H3/t17-,18+. The maximum Gasteiger partial charge on any atom is 0.258 e. The van der Waals surface area contributed by atoms with Gasteiger partial charge in [0.15, 0.2) is 5.65 Å². The first-order valence-electron chi connectivity index (χ1n) is 11.5. The average Bonchev–Trinajstić information content (AvgIpc) is 3.37. The highest BCUT2D eigenvalue weighted by Gasteiger charge is 2.32. The Labute approximate surface area is 201 Å². The van der Waals surface area contributed by atoms with Gasteiger partial charge in [0.2, 0.25) is 0 Å². The number of hydrogen-bond acceptors (Lipinski definition) is 5. The number of aromatic nitrogens is 3. The van der Waals surface area contributed by atoms with Crippen LogP contribution in [0, 0.1) is 5.82 Å². The summed E-state index contributed by atoms with van der Waals surface area (Å²) in [6, 6.07) is 4.36. The molecule has 1 aromatic carbocycles. The van der Waals surface area contributed by atoms with Gasteiger partial charge in [-0.25, -0.2) is 18.3 Å². The summed E-state index contributed by atoms with van der Waals surface area (Å²) in [4.78, 5) is 21.4. The van der Waals surface area contributed by atoms with Gasteiger partial charge < -0.3 is 14.5 Å². The molecule has 1 amide bonds. The van der Waals surface area contributed by atoms with Gasteiger partial charge in [-0.1, -0.05) is 11.6 Å². The highest BCUT2D eigenvalue weighted by atomic mass is 35.5. The third-order valence-corrected chi connectivity index (χ3v) is 6.96. The predicted octanol–water partition coefficient (Wildman–Crippen LogP) is 4.27. The molecule has 5 rings (SSSR count). The molecule has 3 heterocycles. The molecule has 0 bridgehead atoms. The Morgan fingerprint density at radius 3 is 2.82 bits per heavy atom. The minimum Gasteiger partial charge on any atom is -0.489 e. The van der Waals surface area contributed by atoms with E-state index in [0.717, 1.165) is 36.9 Å². The predicted molar refractivity (Wildman–Crippen MR) is 123 cm³/mol. The molecule has 1 aliphatic heterocycles. The van der Waals surface area contributed by atoms with Crippen LogP contribution in [0.15, 0.2) is 30.6 Å². The van der Waals surface area contributed by atoms with E-state index in [9.17, 15) is 13.6 Å². The SMILES string of the molecule is CN(CCF)[C@H]1CC[C@@H](Oc2cc(F)ccc2C(=O)N2Cc3nn4cc(Cl)cnc4c3C2)CC1. The third kappa shape index (κ3) is 4.46. The van der Waals surface area contributed by atoms with Crippen LogP contribution in [0.3, 0.4) is 0 Å². The number of fused-ring (bicyclic) bond motifs is 3. The van der Waals surface area contributed by atoms with Gasteiger partial charge in [-0.2, -0.15) is 5.10 Å². The number of carbonyl (C=O) groups excluding carboxylic acids is 1. The van der Waals surface area contributed by atoms with E-state index in [1.807, 2.05) is 11.9 Å². The number of hydrogen-bond donors (Lipinski definition) is 0. The zero-order valence-corrected chi connectivity index (χ0v) is 19.6. The molecule has 34 heavy (non-hydrogen) atoms. The van der Waals surface area contributed by atoms with Gasteiger partial charge >= 0.3 is 0 Å². The molecule has 0 N–H and O–H groups in total. The Kier molecular flexibility index (Phi) is 6.40. The number of rotatable bonds is 6. The first-order valence-corrected chi connectivity index (χ1v) is 11.8. The van der Waals surface area contributed by atoms with E-state index in [1.54, 1.807) is 21.8 Å². The van der Waals surface area contributed by atoms with Crippen molar-refractivity contribution < 1.29 is 18.3 Å². The van der Waals surface area contributed by atoms with E-state index in [4.69, 9.17) is 16.3 Å². The molecule has 2 aliphatic rings. The normalized spacial score (nSPS) is 20.2. The molecule has 0 unspecified atom stereocenters. The lowest BCUT2D eigenvalue weighted by Gasteiger charge is -2.34. The maximum atomic E-state index is 14.1. The highest BCUT2D eigenvalue weighted by Crippen LogP contribution is 2.32. The quantitative estimate of drug-likeness (QED) is 0.517. The fraction of sp³-hybridized carbons (Fsp3) is 0.458. The van der Waals surface area contributed by atoms with Gasteiger partial charge in [0.25, 0.3) is 5.91 Å². The Balaban J connectivity index is 1.29. The molecule has 10 heteroatoms. The molecule has 3 aromatic rings. The zero-order chi connectivity index (χ0) is 23.8. The Morgan fingerprint density at radius 2 is 2.06 bits per heavy atom. The number of carbonyl (C=O) groups is 1. The molecular weight excluding hydrogens is 464 g/mol. The van der Waals surface area contributed by atoms with Crippen molar-refractivity contribution >= 4 is 23.2 Å². The summed E-state index contributed by atoms with van der Waals surface area (Å²) in [5.74, 6) is -0.433. The number of amides is 1. The third-order valence-electron chi connectivity index (χ3n) is 6.77. The Hall–Kier alpha value is -2.78. The molecule has 180 valence electrons. The molecule has 1 saturated carbocycles. The molecule has 0 spiro atoms. The minimum absolute atomic E-state index is 0.114. The van der Waals surface area contributed by atoms with E-state index in [0.29, 0.717) is 41.9 Å². The van der Waals surface area contributed by atoms with Gasteiger partial charge in [-0.05, 0) is 44.9 Å². The number of halogens is 3. The van der Waals surface area contributed by atoms with Gasteiger partial charge in [0.1, 0.15) is 18.2 Å². The fourth-order valence-electron chi connectivity index (χ4n) is 4.91. The molecule has 7 nitrogen and oxygen atoms in total. The molecule has 2 aromatic heterocycles. The van der Waals surface area contributed by atoms with Crippen molar-refractivity contribution in [3.8, 4) is 5.75 Å². The Bertz CT molecular complexity index is 1210. The van der Waals surface area contributed by atoms with Crippen molar-refractivity contribution in [1.29, 1.82) is 0 Å². The molecular formula is C24H26ClF2N5O2. The fourth-order valence-corrected chi connectivity index (χ4v) is 5.05. The summed E-state index contributed by atoms with van der Waals surface area (Å²) in [7, 11) is 1.93. The number of nitrogens with zero attached hydrogens (tertiary/aromatic N) is 5. The van der Waals surface area contributed by atoms with Crippen LogP contribution in [0.5, 0.6) is 5.75 Å². The lowest BCUT2D eigenvalue weighted by atomic mass is 9.92. The topological polar surface area (TPSA) is 63.0 Å². The molecule has 0 saturated heterocycles. The van der Waals surface area contributed by atoms with Crippen molar-refractivity contribution in [3.63, 3.8) is 0 Å². The second-order valence-electron chi connectivity index (χ2n) is 8.99. The monoisotopic (exact) mass is 489 g/mol. The number of benzene rings is 1. The van der Waals surface area contributed by atoms with Crippen LogP contribution in [0.25, 0.3) is 5.65 Å². The van der Waals surface area contributed by atoms with Crippen LogP contribution >= 0.6 is 11.6 Å². The zero-order valence-electron chi connectivity index (χ0n) is 18.9. The van der Waals surface area contributed by atoms with Crippen molar-refractivity contribution in [3.05, 3.63) is 58.3 Å². The van der Waals surface area contributed by atoms with Crippen LogP contribution in [0.2, 0.25) is 5.02 Å². The molecule has 1 fully saturated rings. The first-order chi connectivity index (χ1) is 16.4. The van der Waals surface area contributed by atoms with Crippen LogP contribution < -0.4 is 4.74 Å². The van der Waals surface area contributed by atoms with Crippen molar-refractivity contribution in [2.75, 3.05) is 20.3 Å². The van der Waals surface area contributed by atoms with Crippen LogP contribution in [0.4, 0.5) is 8.78 Å². The van der Waals surface area contributed by atoms with E-state index in [2.05, 4.69) is 10.1 Å². The maximum absolute atomic E-state index is 14.1. The van der Waals surface area contributed by atoms with Crippen LogP contribution in [0.1, 0.15) is 47.3 Å². The minimum atomic E-state index is -0.452. The second kappa shape index (κ2) is 9.46. The van der Waals surface area contributed by atoms with Crippen molar-refractivity contribution in [2.24, 2.45) is 0 Å². The van der Waals surface area contributed by atoms with E-state index >= 15 is 0 Å². The summed E-state index contributed by atoms with van der Waals surface area (Å²) in [6.07, 6.45) is 6.41. The summed E-state index contributed by atoms with van der Waals surface area (Å²) < 4.78 is 34.5. The summed E-state index contributed by atoms with van der Waals surface area (Å²) in [6.45, 7) is 0.745. The van der Waals surface area contributed by atoms with E-state index in [1.165, 1.54) is 18.2 Å². The smallest absolute Gasteiger partial charge is 0.258 e.